The van der Waals surface area contributed by atoms with Gasteiger partial charge in [-0.2, -0.15) is 10.1 Å². The highest BCUT2D eigenvalue weighted by molar-refractivity contribution is 5.90. The quantitative estimate of drug-likeness (QED) is 0.213. The van der Waals surface area contributed by atoms with Gasteiger partial charge in [-0.25, -0.2) is 9.67 Å². The van der Waals surface area contributed by atoms with Crippen molar-refractivity contribution >= 4 is 46.0 Å². The summed E-state index contributed by atoms with van der Waals surface area (Å²) in [6, 6.07) is 10.1. The van der Waals surface area contributed by atoms with Crippen molar-refractivity contribution in [2.75, 3.05) is 37.5 Å². The van der Waals surface area contributed by atoms with Gasteiger partial charge in [0, 0.05) is 51.1 Å². The van der Waals surface area contributed by atoms with Crippen LogP contribution in [0.15, 0.2) is 36.5 Å². The number of anilines is 4. The van der Waals surface area contributed by atoms with Crippen LogP contribution in [0.4, 0.5) is 23.1 Å². The molecule has 12 nitrogen and oxygen atoms in total. The van der Waals surface area contributed by atoms with E-state index in [1.165, 1.54) is 5.56 Å². The van der Waals surface area contributed by atoms with E-state index in [0.717, 1.165) is 45.6 Å². The minimum Gasteiger partial charge on any atom is -0.491 e. The van der Waals surface area contributed by atoms with Crippen molar-refractivity contribution in [3.63, 3.8) is 0 Å². The summed E-state index contributed by atoms with van der Waals surface area (Å²) in [7, 11) is 3.50. The predicted octanol–water partition coefficient (Wildman–Crippen LogP) is 4.38. The number of amides is 2. The zero-order valence-electron chi connectivity index (χ0n) is 26.2. The number of fused-ring (bicyclic) bond motifs is 2. The number of ether oxygens (including phenoxy) is 2. The summed E-state index contributed by atoms with van der Waals surface area (Å²) in [4.78, 5) is 35.4. The molecule has 4 N–H and O–H groups in total. The molecule has 2 amide bonds. The Kier molecular flexibility index (Phi) is 8.73. The predicted molar refractivity (Wildman–Crippen MR) is 169 cm³/mol. The number of aromatic nitrogens is 4. The lowest BCUT2D eigenvalue weighted by molar-refractivity contribution is -0.139. The molecule has 1 aliphatic heterocycles. The maximum Gasteiger partial charge on any atom is 0.229 e. The first-order chi connectivity index (χ1) is 21.0. The number of nitrogens with two attached hydrogens (primary N) is 1. The smallest absolute Gasteiger partial charge is 0.229 e. The van der Waals surface area contributed by atoms with Gasteiger partial charge in [-0.15, -0.1) is 0 Å². The Morgan fingerprint density at radius 1 is 1.07 bits per heavy atom. The molecule has 0 saturated heterocycles. The molecule has 0 unspecified atom stereocenters. The molecular formula is C32H40N8O4. The van der Waals surface area contributed by atoms with E-state index in [0.29, 0.717) is 37.2 Å². The van der Waals surface area contributed by atoms with Crippen molar-refractivity contribution in [2.45, 2.75) is 52.5 Å². The van der Waals surface area contributed by atoms with E-state index in [1.807, 2.05) is 63.9 Å². The maximum absolute atomic E-state index is 12.9. The van der Waals surface area contributed by atoms with Gasteiger partial charge in [0.2, 0.25) is 17.8 Å². The summed E-state index contributed by atoms with van der Waals surface area (Å²) in [5.41, 5.74) is 11.4. The number of nitrogens with one attached hydrogen (secondary N) is 2. The highest BCUT2D eigenvalue weighted by Gasteiger charge is 2.37. The zero-order valence-corrected chi connectivity index (χ0v) is 26.2. The number of hydrogen-bond donors (Lipinski definition) is 3. The second-order valence-corrected chi connectivity index (χ2v) is 11.6. The number of primary amides is 1. The molecule has 44 heavy (non-hydrogen) atoms. The van der Waals surface area contributed by atoms with Crippen LogP contribution in [0.3, 0.4) is 0 Å². The molecule has 1 aliphatic rings. The van der Waals surface area contributed by atoms with Gasteiger partial charge in [-0.1, -0.05) is 6.07 Å². The molecule has 0 bridgehead atoms. The van der Waals surface area contributed by atoms with Crippen molar-refractivity contribution in [3.05, 3.63) is 58.8 Å². The van der Waals surface area contributed by atoms with Gasteiger partial charge < -0.3 is 30.7 Å². The summed E-state index contributed by atoms with van der Waals surface area (Å²) in [6.07, 6.45) is 2.64. The number of hydrogen-bond acceptors (Lipinski definition) is 9. The fourth-order valence-corrected chi connectivity index (χ4v) is 5.79. The Morgan fingerprint density at radius 3 is 2.52 bits per heavy atom. The first kappa shape index (κ1) is 30.7. The van der Waals surface area contributed by atoms with Crippen molar-refractivity contribution in [1.82, 2.24) is 24.6 Å². The number of carbonyl (C=O) groups excluding carboxylic acids is 2. The lowest BCUT2D eigenvalue weighted by Gasteiger charge is -2.44. The second kappa shape index (κ2) is 12.5. The topological polar surface area (TPSA) is 150 Å². The summed E-state index contributed by atoms with van der Waals surface area (Å²) in [5.74, 6) is 1.33. The van der Waals surface area contributed by atoms with Crippen LogP contribution < -0.4 is 21.1 Å². The van der Waals surface area contributed by atoms with Gasteiger partial charge in [-0.3, -0.25) is 9.59 Å². The first-order valence-electron chi connectivity index (χ1n) is 14.7. The molecule has 232 valence electrons. The SMILES string of the molecule is COCCOc1cc(C)c(Nc2nn(C)c3nc(Nc4ccc5c(c4)C(C)(C)N(C(=O)CCC(N)=O)CC5)ncc23)c(C)c1. The van der Waals surface area contributed by atoms with E-state index in [1.54, 1.807) is 18.0 Å². The maximum atomic E-state index is 12.9. The molecule has 12 heteroatoms. The average Bonchev–Trinajstić information content (AvgIpc) is 3.28. The third-order valence-electron chi connectivity index (χ3n) is 8.08. The van der Waals surface area contributed by atoms with E-state index in [2.05, 4.69) is 26.8 Å². The molecule has 0 atom stereocenters. The van der Waals surface area contributed by atoms with Crippen LogP contribution in [0.1, 0.15) is 48.9 Å². The third-order valence-corrected chi connectivity index (χ3v) is 8.08. The zero-order chi connectivity index (χ0) is 31.6. The van der Waals surface area contributed by atoms with Crippen molar-refractivity contribution < 1.29 is 19.1 Å². The molecule has 4 aromatic rings. The van der Waals surface area contributed by atoms with Crippen LogP contribution in [-0.2, 0) is 33.3 Å². The number of carbonyl (C=O) groups is 2. The summed E-state index contributed by atoms with van der Waals surface area (Å²) >= 11 is 0. The van der Waals surface area contributed by atoms with Crippen LogP contribution in [-0.4, -0.2) is 63.3 Å². The Balaban J connectivity index is 1.35. The molecule has 0 saturated carbocycles. The van der Waals surface area contributed by atoms with E-state index >= 15 is 0 Å². The highest BCUT2D eigenvalue weighted by atomic mass is 16.5. The summed E-state index contributed by atoms with van der Waals surface area (Å²) in [6.45, 7) is 9.70. The number of aryl methyl sites for hydroxylation is 3. The number of rotatable bonds is 11. The molecular weight excluding hydrogens is 560 g/mol. The number of benzene rings is 2. The summed E-state index contributed by atoms with van der Waals surface area (Å²) < 4.78 is 12.6. The van der Waals surface area contributed by atoms with Crippen molar-refractivity contribution in [3.8, 4) is 5.75 Å². The first-order valence-corrected chi connectivity index (χ1v) is 14.7. The molecule has 3 heterocycles. The van der Waals surface area contributed by atoms with Gasteiger partial charge in [-0.05, 0) is 80.6 Å². The molecule has 2 aromatic heterocycles. The van der Waals surface area contributed by atoms with E-state index in [9.17, 15) is 9.59 Å². The van der Waals surface area contributed by atoms with Crippen LogP contribution in [0.25, 0.3) is 11.0 Å². The molecule has 5 rings (SSSR count). The Labute approximate surface area is 256 Å². The molecule has 0 spiro atoms. The van der Waals surface area contributed by atoms with Crippen molar-refractivity contribution in [1.29, 1.82) is 0 Å². The van der Waals surface area contributed by atoms with Gasteiger partial charge >= 0.3 is 0 Å². The van der Waals surface area contributed by atoms with Gasteiger partial charge in [0.25, 0.3) is 0 Å². The molecule has 0 radical (unpaired) electrons. The van der Waals surface area contributed by atoms with Gasteiger partial charge in [0.05, 0.1) is 17.5 Å². The van der Waals surface area contributed by atoms with E-state index in [4.69, 9.17) is 20.2 Å². The summed E-state index contributed by atoms with van der Waals surface area (Å²) in [5, 5.41) is 12.3. The Bertz CT molecular complexity index is 1690. The number of nitrogens with zero attached hydrogens (tertiary/aromatic N) is 5. The van der Waals surface area contributed by atoms with Crippen LogP contribution >= 0.6 is 0 Å². The minimum absolute atomic E-state index is 0.0424. The fraction of sp³-hybridized carbons (Fsp3) is 0.406. The molecule has 0 aliphatic carbocycles. The molecule has 0 fully saturated rings. The lowest BCUT2D eigenvalue weighted by Crippen LogP contribution is -2.50. The van der Waals surface area contributed by atoms with Crippen molar-refractivity contribution in [2.24, 2.45) is 12.8 Å². The normalized spacial score (nSPS) is 13.9. The standard InChI is InChI=1S/C32H40N8O4/c1-19-15-23(44-14-13-43-6)16-20(2)28(19)36-29-24-18-34-31(37-30(24)39(5)38-29)35-22-8-7-21-11-12-40(27(42)10-9-26(33)41)32(3,4)25(21)17-22/h7-8,15-18H,9-14H2,1-6H3,(H2,33,41)(H,36,38)(H,34,35,37). The number of methoxy groups -OCH3 is 1. The van der Waals surface area contributed by atoms with Crippen LogP contribution in [0.2, 0.25) is 0 Å². The van der Waals surface area contributed by atoms with E-state index < -0.39 is 11.4 Å². The van der Waals surface area contributed by atoms with Gasteiger partial charge in [0.15, 0.2) is 11.5 Å². The second-order valence-electron chi connectivity index (χ2n) is 11.6. The van der Waals surface area contributed by atoms with Crippen LogP contribution in [0, 0.1) is 13.8 Å². The van der Waals surface area contributed by atoms with E-state index in [-0.39, 0.29) is 18.7 Å². The molecule has 2 aromatic carbocycles. The average molecular weight is 601 g/mol. The monoisotopic (exact) mass is 600 g/mol. The third kappa shape index (κ3) is 6.30. The lowest BCUT2D eigenvalue weighted by atomic mass is 9.82. The minimum atomic E-state index is -0.558. The highest BCUT2D eigenvalue weighted by Crippen LogP contribution is 2.38. The Morgan fingerprint density at radius 2 is 1.82 bits per heavy atom. The Hall–Kier alpha value is -4.71. The largest absolute Gasteiger partial charge is 0.491 e. The fourth-order valence-electron chi connectivity index (χ4n) is 5.79. The van der Waals surface area contributed by atoms with Gasteiger partial charge in [0.1, 0.15) is 12.4 Å². The van der Waals surface area contributed by atoms with Crippen LogP contribution in [0.5, 0.6) is 5.75 Å².